The number of benzene rings is 10. The molecule has 0 aliphatic rings. The van der Waals surface area contributed by atoms with Gasteiger partial charge in [0.25, 0.3) is 0 Å². The molecule has 0 atom stereocenters. The van der Waals surface area contributed by atoms with Gasteiger partial charge in [-0.2, -0.15) is 0 Å². The van der Waals surface area contributed by atoms with E-state index in [0.29, 0.717) is 11.1 Å². The molecule has 44 heavy (non-hydrogen) atoms. The van der Waals surface area contributed by atoms with Gasteiger partial charge in [0.15, 0.2) is 0 Å². The topological polar surface area (TPSA) is 0 Å². The maximum absolute atomic E-state index is 9.97. The second-order valence-electron chi connectivity index (χ2n) is 10.6. The molecular formula is C44H26. The largest absolute Gasteiger partial charge is 0.0636 e. The molecule has 0 aromatic heterocycles. The molecule has 10 aromatic rings. The minimum atomic E-state index is -0.629. The molecule has 0 aliphatic carbocycles. The van der Waals surface area contributed by atoms with Crippen molar-refractivity contribution in [3.8, 4) is 33.4 Å². The minimum absolute atomic E-state index is 0.0870. The van der Waals surface area contributed by atoms with E-state index in [2.05, 4.69) is 0 Å². The molecule has 0 aliphatic heterocycles. The number of hydrogen-bond acceptors (Lipinski definition) is 0. The molecule has 10 aromatic carbocycles. The van der Waals surface area contributed by atoms with Crippen LogP contribution in [0.3, 0.4) is 0 Å². The minimum Gasteiger partial charge on any atom is -0.0622 e. The van der Waals surface area contributed by atoms with Gasteiger partial charge in [0, 0.05) is 0 Å². The first kappa shape index (κ1) is 12.1. The molecule has 10 rings (SSSR count). The van der Waals surface area contributed by atoms with E-state index >= 15 is 0 Å². The molecule has 202 valence electrons. The van der Waals surface area contributed by atoms with Crippen LogP contribution in [0.5, 0.6) is 0 Å². The maximum Gasteiger partial charge on any atom is 0.0636 e. The van der Waals surface area contributed by atoms with Crippen molar-refractivity contribution in [2.75, 3.05) is 0 Å². The van der Waals surface area contributed by atoms with Crippen molar-refractivity contribution in [3.63, 3.8) is 0 Å². The number of hydrogen-bond donors (Lipinski definition) is 0. The van der Waals surface area contributed by atoms with Gasteiger partial charge in [-0.15, -0.1) is 0 Å². The summed E-state index contributed by atoms with van der Waals surface area (Å²) in [7, 11) is 0. The maximum atomic E-state index is 9.97. The van der Waals surface area contributed by atoms with Gasteiger partial charge in [-0.3, -0.25) is 0 Å². The summed E-state index contributed by atoms with van der Waals surface area (Å²) in [6, 6.07) is 0.581. The Morgan fingerprint density at radius 3 is 1.23 bits per heavy atom. The van der Waals surface area contributed by atoms with E-state index in [1.807, 2.05) is 0 Å². The quantitative estimate of drug-likeness (QED) is 0.184. The molecule has 0 saturated carbocycles. The highest BCUT2D eigenvalue weighted by Gasteiger charge is 2.16. The summed E-state index contributed by atoms with van der Waals surface area (Å²) >= 11 is 0. The van der Waals surface area contributed by atoms with Crippen molar-refractivity contribution in [1.82, 2.24) is 0 Å². The lowest BCUT2D eigenvalue weighted by Gasteiger charge is -2.18. The van der Waals surface area contributed by atoms with Crippen LogP contribution in [0.15, 0.2) is 157 Å². The normalized spacial score (nSPS) is 18.1. The van der Waals surface area contributed by atoms with Gasteiger partial charge in [-0.25, -0.2) is 0 Å². The van der Waals surface area contributed by atoms with Crippen LogP contribution in [0.4, 0.5) is 0 Å². The molecule has 0 bridgehead atoms. The van der Waals surface area contributed by atoms with Crippen molar-refractivity contribution in [2.45, 2.75) is 0 Å². The van der Waals surface area contributed by atoms with Crippen molar-refractivity contribution >= 4 is 64.6 Å². The van der Waals surface area contributed by atoms with E-state index in [1.165, 1.54) is 12.1 Å². The zero-order chi connectivity index (χ0) is 45.3. The highest BCUT2D eigenvalue weighted by atomic mass is 14.2. The van der Waals surface area contributed by atoms with E-state index in [-0.39, 0.29) is 86.9 Å². The lowest BCUT2D eigenvalue weighted by Crippen LogP contribution is -1.91. The summed E-state index contributed by atoms with van der Waals surface area (Å²) in [4.78, 5) is 0. The summed E-state index contributed by atoms with van der Waals surface area (Å²) in [5, 5.41) is -2.33. The zero-order valence-corrected chi connectivity index (χ0v) is 22.5. The molecule has 0 heteroatoms. The van der Waals surface area contributed by atoms with Gasteiger partial charge in [0.05, 0.1) is 26.0 Å². The third-order valence-corrected chi connectivity index (χ3v) is 8.14. The fraction of sp³-hybridized carbons (Fsp3) is 0. The standard InChI is InChI=1S/C44H26/c1-2-6-27(7-3-1)34-24-35(37-20-16-32-14-12-28-8-4-10-30-18-22-39(37)43(32)41(28)30)26-36(25-34)38-21-17-33-15-13-29-9-5-11-31-19-23-40(38)44(33)42(29)31/h1-26H/i4D,5D,8D,9D,10D,11D,12D,13D,14D,15D,16D,17D,18D,19D,20D,21D,22D,23D,26D. The summed E-state index contributed by atoms with van der Waals surface area (Å²) in [5.41, 5.74) is 0.0857. The first-order valence-electron chi connectivity index (χ1n) is 23.3. The Hall–Kier alpha value is -5.72. The van der Waals surface area contributed by atoms with Crippen molar-refractivity contribution in [1.29, 1.82) is 0 Å². The molecule has 0 N–H and O–H groups in total. The first-order valence-corrected chi connectivity index (χ1v) is 13.8. The monoisotopic (exact) mass is 573 g/mol. The number of rotatable bonds is 3. The smallest absolute Gasteiger partial charge is 0.0622 e. The molecule has 0 unspecified atom stereocenters. The van der Waals surface area contributed by atoms with Gasteiger partial charge < -0.3 is 0 Å². The Morgan fingerprint density at radius 2 is 0.750 bits per heavy atom. The SMILES string of the molecule is [2H]c1c(-c2c([2H])c([2H])c3c([2H])c([2H])c4c([2H])c([2H])c([2H])c5c([2H])c([2H])c2c3c45)cc(-c2ccccc2)cc1-c1c([2H])c([2H])c2c([2H])c([2H])c3c([2H])c([2H])c([2H])c4c([2H])c([2H])c1c2c34. The molecule has 0 fully saturated rings. The molecule has 0 heterocycles. The van der Waals surface area contributed by atoms with Crippen LogP contribution in [0, 0.1) is 0 Å². The molecule has 0 amide bonds. The van der Waals surface area contributed by atoms with Gasteiger partial charge in [-0.1, -0.05) is 139 Å². The van der Waals surface area contributed by atoms with E-state index in [0.717, 1.165) is 0 Å². The second kappa shape index (κ2) is 8.89. The first-order chi connectivity index (χ1) is 29.8. The molecule has 0 saturated heterocycles. The van der Waals surface area contributed by atoms with Gasteiger partial charge in [-0.05, 0) is 116 Å². The summed E-state index contributed by atoms with van der Waals surface area (Å²) < 4.78 is 172. The Balaban J connectivity index is 1.46. The second-order valence-corrected chi connectivity index (χ2v) is 10.6. The van der Waals surface area contributed by atoms with Crippen LogP contribution in [0.25, 0.3) is 98.0 Å². The van der Waals surface area contributed by atoms with Crippen molar-refractivity contribution in [3.05, 3.63) is 157 Å². The van der Waals surface area contributed by atoms with Crippen LogP contribution in [0.2, 0.25) is 0 Å². The average Bonchev–Trinajstić information content (AvgIpc) is 3.26. The molecule has 0 nitrogen and oxygen atoms in total. The summed E-state index contributed by atoms with van der Waals surface area (Å²) in [6.45, 7) is 0. The van der Waals surface area contributed by atoms with Gasteiger partial charge in [0.2, 0.25) is 0 Å². The van der Waals surface area contributed by atoms with Crippen LogP contribution in [-0.2, 0) is 0 Å². The summed E-state index contributed by atoms with van der Waals surface area (Å²) in [5.74, 6) is 0. The third-order valence-electron chi connectivity index (χ3n) is 8.14. The lowest BCUT2D eigenvalue weighted by molar-refractivity contribution is 1.59. The zero-order valence-electron chi connectivity index (χ0n) is 41.5. The van der Waals surface area contributed by atoms with E-state index in [9.17, 15) is 9.60 Å². The van der Waals surface area contributed by atoms with E-state index in [4.69, 9.17) is 16.4 Å². The lowest BCUT2D eigenvalue weighted by atomic mass is 9.86. The summed E-state index contributed by atoms with van der Waals surface area (Å²) in [6.07, 6.45) is 0. The van der Waals surface area contributed by atoms with Gasteiger partial charge in [0.1, 0.15) is 0 Å². The van der Waals surface area contributed by atoms with E-state index in [1.54, 1.807) is 30.3 Å². The van der Waals surface area contributed by atoms with Crippen LogP contribution < -0.4 is 0 Å². The highest BCUT2D eigenvalue weighted by molar-refractivity contribution is 6.27. The average molecular weight is 574 g/mol. The molecule has 0 radical (unpaired) electrons. The fourth-order valence-electron chi connectivity index (χ4n) is 6.17. The van der Waals surface area contributed by atoms with Crippen LogP contribution >= 0.6 is 0 Å². The van der Waals surface area contributed by atoms with Crippen LogP contribution in [-0.4, -0.2) is 0 Å². The predicted molar refractivity (Wildman–Crippen MR) is 190 cm³/mol. The van der Waals surface area contributed by atoms with E-state index < -0.39 is 115 Å². The van der Waals surface area contributed by atoms with Gasteiger partial charge >= 0.3 is 0 Å². The van der Waals surface area contributed by atoms with Crippen molar-refractivity contribution < 1.29 is 26.0 Å². The Morgan fingerprint density at radius 1 is 0.341 bits per heavy atom. The third kappa shape index (κ3) is 3.34. The Kier molecular flexibility index (Phi) is 2.45. The highest BCUT2D eigenvalue weighted by Crippen LogP contribution is 2.44. The Labute approximate surface area is 281 Å². The molecular weight excluding hydrogens is 528 g/mol. The Bertz CT molecular complexity index is 3490. The molecule has 0 spiro atoms. The predicted octanol–water partition coefficient (Wildman–Crippen LogP) is 12.5. The fourth-order valence-corrected chi connectivity index (χ4v) is 6.17. The van der Waals surface area contributed by atoms with Crippen LogP contribution in [0.1, 0.15) is 26.0 Å². The van der Waals surface area contributed by atoms with Crippen molar-refractivity contribution in [2.24, 2.45) is 0 Å².